The highest BCUT2D eigenvalue weighted by molar-refractivity contribution is 7.22. The molecule has 0 fully saturated rings. The maximum atomic E-state index is 12.7. The molecule has 0 spiro atoms. The molecule has 4 rings (SSSR count). The number of carbonyl (C=O) groups excluding carboxylic acids is 2. The molecule has 35 heavy (non-hydrogen) atoms. The standard InChI is InChI=1S/C27H27N3O4S/c1-16(2)33-21-9-5-7-18(13-21)25(31)28-20-11-12-23-24(15-20)35-27(29-23)30-26(32)19-8-6-10-22(14-19)34-17(3)4/h5-17H,1-4H3,(H,28,31)(H,29,30,32). The zero-order valence-electron chi connectivity index (χ0n) is 20.0. The van der Waals surface area contributed by atoms with Crippen molar-refractivity contribution in [2.24, 2.45) is 0 Å². The molecule has 0 aliphatic carbocycles. The summed E-state index contributed by atoms with van der Waals surface area (Å²) in [6, 6.07) is 19.5. The van der Waals surface area contributed by atoms with Gasteiger partial charge in [-0.3, -0.25) is 14.9 Å². The van der Waals surface area contributed by atoms with Crippen molar-refractivity contribution in [1.29, 1.82) is 0 Å². The third-order valence-electron chi connectivity index (χ3n) is 4.80. The molecule has 7 nitrogen and oxygen atoms in total. The highest BCUT2D eigenvalue weighted by Crippen LogP contribution is 2.29. The summed E-state index contributed by atoms with van der Waals surface area (Å²) in [4.78, 5) is 30.0. The maximum Gasteiger partial charge on any atom is 0.257 e. The van der Waals surface area contributed by atoms with Crippen LogP contribution < -0.4 is 20.1 Å². The van der Waals surface area contributed by atoms with Crippen LogP contribution in [0.15, 0.2) is 66.7 Å². The van der Waals surface area contributed by atoms with E-state index in [2.05, 4.69) is 15.6 Å². The van der Waals surface area contributed by atoms with E-state index in [-0.39, 0.29) is 24.0 Å². The number of thiazole rings is 1. The zero-order valence-corrected chi connectivity index (χ0v) is 20.8. The molecule has 3 aromatic carbocycles. The van der Waals surface area contributed by atoms with Gasteiger partial charge < -0.3 is 14.8 Å². The number of carbonyl (C=O) groups is 2. The topological polar surface area (TPSA) is 89.5 Å². The van der Waals surface area contributed by atoms with E-state index in [0.717, 1.165) is 10.2 Å². The van der Waals surface area contributed by atoms with Crippen molar-refractivity contribution >= 4 is 44.2 Å². The number of aromatic nitrogens is 1. The number of hydrogen-bond acceptors (Lipinski definition) is 6. The number of fused-ring (bicyclic) bond motifs is 1. The van der Waals surface area contributed by atoms with Crippen molar-refractivity contribution in [1.82, 2.24) is 4.98 Å². The summed E-state index contributed by atoms with van der Waals surface area (Å²) in [6.07, 6.45) is 0.0404. The van der Waals surface area contributed by atoms with Crippen LogP contribution in [-0.2, 0) is 0 Å². The molecular weight excluding hydrogens is 462 g/mol. The summed E-state index contributed by atoms with van der Waals surface area (Å²) in [5.74, 6) is 0.779. The average molecular weight is 490 g/mol. The van der Waals surface area contributed by atoms with Gasteiger partial charge in [0.15, 0.2) is 5.13 Å². The van der Waals surface area contributed by atoms with Crippen LogP contribution in [-0.4, -0.2) is 29.0 Å². The molecular formula is C27H27N3O4S. The fraction of sp³-hybridized carbons (Fsp3) is 0.222. The van der Waals surface area contributed by atoms with Crippen LogP contribution in [0, 0.1) is 0 Å². The Balaban J connectivity index is 1.46. The van der Waals surface area contributed by atoms with Gasteiger partial charge in [0.05, 0.1) is 22.4 Å². The maximum absolute atomic E-state index is 12.7. The van der Waals surface area contributed by atoms with Crippen molar-refractivity contribution in [3.8, 4) is 11.5 Å². The Morgan fingerprint density at radius 2 is 1.34 bits per heavy atom. The van der Waals surface area contributed by atoms with Gasteiger partial charge in [-0.25, -0.2) is 4.98 Å². The molecule has 4 aromatic rings. The third kappa shape index (κ3) is 6.36. The fourth-order valence-corrected chi connectivity index (χ4v) is 4.29. The van der Waals surface area contributed by atoms with E-state index in [9.17, 15) is 9.59 Å². The first-order chi connectivity index (χ1) is 16.8. The van der Waals surface area contributed by atoms with Gasteiger partial charge in [-0.2, -0.15) is 0 Å². The van der Waals surface area contributed by atoms with Gasteiger partial charge in [0.1, 0.15) is 11.5 Å². The first-order valence-electron chi connectivity index (χ1n) is 11.3. The predicted molar refractivity (Wildman–Crippen MR) is 140 cm³/mol. The highest BCUT2D eigenvalue weighted by Gasteiger charge is 2.13. The third-order valence-corrected chi connectivity index (χ3v) is 5.74. The monoisotopic (exact) mass is 489 g/mol. The minimum Gasteiger partial charge on any atom is -0.491 e. The Bertz CT molecular complexity index is 1300. The van der Waals surface area contributed by atoms with Crippen LogP contribution >= 0.6 is 11.3 Å². The Labute approximate surface area is 208 Å². The average Bonchev–Trinajstić information content (AvgIpc) is 3.20. The quantitative estimate of drug-likeness (QED) is 0.300. The fourth-order valence-electron chi connectivity index (χ4n) is 3.39. The van der Waals surface area contributed by atoms with Gasteiger partial charge in [-0.15, -0.1) is 0 Å². The van der Waals surface area contributed by atoms with E-state index in [0.29, 0.717) is 33.4 Å². The number of ether oxygens (including phenoxy) is 2. The molecule has 0 atom stereocenters. The van der Waals surface area contributed by atoms with Crippen molar-refractivity contribution in [2.45, 2.75) is 39.9 Å². The van der Waals surface area contributed by atoms with Crippen molar-refractivity contribution < 1.29 is 19.1 Å². The van der Waals surface area contributed by atoms with Crippen molar-refractivity contribution in [3.05, 3.63) is 77.9 Å². The number of anilines is 2. The lowest BCUT2D eigenvalue weighted by atomic mass is 10.2. The molecule has 180 valence electrons. The number of nitrogens with zero attached hydrogens (tertiary/aromatic N) is 1. The number of amides is 2. The molecule has 0 aliphatic heterocycles. The normalized spacial score (nSPS) is 11.0. The lowest BCUT2D eigenvalue weighted by molar-refractivity contribution is 0.101. The second-order valence-corrected chi connectivity index (χ2v) is 9.53. The molecule has 2 N–H and O–H groups in total. The smallest absolute Gasteiger partial charge is 0.257 e. The molecule has 0 saturated carbocycles. The lowest BCUT2D eigenvalue weighted by Gasteiger charge is -2.11. The molecule has 1 heterocycles. The zero-order chi connectivity index (χ0) is 24.9. The van der Waals surface area contributed by atoms with E-state index in [4.69, 9.17) is 9.47 Å². The molecule has 2 amide bonds. The molecule has 0 aliphatic rings. The van der Waals surface area contributed by atoms with Gasteiger partial charge in [0.2, 0.25) is 0 Å². The number of hydrogen-bond donors (Lipinski definition) is 2. The van der Waals surface area contributed by atoms with Crippen molar-refractivity contribution in [3.63, 3.8) is 0 Å². The van der Waals surface area contributed by atoms with Crippen LogP contribution in [0.1, 0.15) is 48.4 Å². The summed E-state index contributed by atoms with van der Waals surface area (Å²) < 4.78 is 12.2. The second-order valence-electron chi connectivity index (χ2n) is 8.50. The van der Waals surface area contributed by atoms with E-state index in [1.807, 2.05) is 52.0 Å². The first kappa shape index (κ1) is 24.2. The molecule has 1 aromatic heterocycles. The number of rotatable bonds is 8. The second kappa shape index (κ2) is 10.6. The minimum atomic E-state index is -0.268. The Hall–Kier alpha value is -3.91. The largest absolute Gasteiger partial charge is 0.491 e. The van der Waals surface area contributed by atoms with Gasteiger partial charge in [-0.05, 0) is 82.3 Å². The molecule has 0 saturated heterocycles. The van der Waals surface area contributed by atoms with E-state index < -0.39 is 0 Å². The summed E-state index contributed by atoms with van der Waals surface area (Å²) in [5, 5.41) is 6.23. The summed E-state index contributed by atoms with van der Waals surface area (Å²) >= 11 is 1.34. The number of benzene rings is 3. The van der Waals surface area contributed by atoms with E-state index >= 15 is 0 Å². The molecule has 0 bridgehead atoms. The van der Waals surface area contributed by atoms with Gasteiger partial charge in [-0.1, -0.05) is 23.5 Å². The highest BCUT2D eigenvalue weighted by atomic mass is 32.1. The van der Waals surface area contributed by atoms with Crippen LogP contribution in [0.25, 0.3) is 10.2 Å². The first-order valence-corrected chi connectivity index (χ1v) is 12.2. The van der Waals surface area contributed by atoms with Crippen LogP contribution in [0.2, 0.25) is 0 Å². The summed E-state index contributed by atoms with van der Waals surface area (Å²) in [5.41, 5.74) is 2.36. The summed E-state index contributed by atoms with van der Waals surface area (Å²) in [6.45, 7) is 7.74. The van der Waals surface area contributed by atoms with Crippen LogP contribution in [0.3, 0.4) is 0 Å². The van der Waals surface area contributed by atoms with Crippen LogP contribution in [0.5, 0.6) is 11.5 Å². The molecule has 8 heteroatoms. The Morgan fingerprint density at radius 3 is 1.91 bits per heavy atom. The summed E-state index contributed by atoms with van der Waals surface area (Å²) in [7, 11) is 0. The number of nitrogens with one attached hydrogen (secondary N) is 2. The van der Waals surface area contributed by atoms with Crippen molar-refractivity contribution in [2.75, 3.05) is 10.6 Å². The minimum absolute atomic E-state index is 0.0181. The lowest BCUT2D eigenvalue weighted by Crippen LogP contribution is -2.12. The van der Waals surface area contributed by atoms with Gasteiger partial charge in [0, 0.05) is 16.8 Å². The molecule has 0 unspecified atom stereocenters. The van der Waals surface area contributed by atoms with Gasteiger partial charge in [0.25, 0.3) is 11.8 Å². The predicted octanol–water partition coefficient (Wildman–Crippen LogP) is 6.38. The van der Waals surface area contributed by atoms with Gasteiger partial charge >= 0.3 is 0 Å². The SMILES string of the molecule is CC(C)Oc1cccc(C(=O)Nc2ccc3nc(NC(=O)c4cccc(OC(C)C)c4)sc3c2)c1. The molecule has 0 radical (unpaired) electrons. The van der Waals surface area contributed by atoms with E-state index in [1.54, 1.807) is 42.5 Å². The van der Waals surface area contributed by atoms with Crippen LogP contribution in [0.4, 0.5) is 10.8 Å². The Kier molecular flexibility index (Phi) is 7.31. The van der Waals surface area contributed by atoms with E-state index in [1.165, 1.54) is 11.3 Å². The Morgan fingerprint density at radius 1 is 0.771 bits per heavy atom.